The summed E-state index contributed by atoms with van der Waals surface area (Å²) in [7, 11) is 0. The average molecular weight is 281 g/mol. The molecule has 0 saturated heterocycles. The standard InChI is InChI=1S/C18H19NO2/c1-4-11-21-17-9-7-16(8-10-17)19-18(20)15-6-5-13(2)14(3)12-15/h4-10,12H,1,11H2,2-3H3,(H,19,20). The fourth-order valence-corrected chi connectivity index (χ4v) is 1.88. The molecule has 3 nitrogen and oxygen atoms in total. The van der Waals surface area contributed by atoms with Gasteiger partial charge in [0.2, 0.25) is 0 Å². The van der Waals surface area contributed by atoms with Gasteiger partial charge in [-0.15, -0.1) is 0 Å². The number of rotatable bonds is 5. The zero-order chi connectivity index (χ0) is 15.2. The normalized spacial score (nSPS) is 10.0. The second-order valence-electron chi connectivity index (χ2n) is 4.88. The molecule has 0 aliphatic heterocycles. The summed E-state index contributed by atoms with van der Waals surface area (Å²) < 4.78 is 5.40. The van der Waals surface area contributed by atoms with E-state index >= 15 is 0 Å². The molecule has 0 aliphatic rings. The zero-order valence-electron chi connectivity index (χ0n) is 12.3. The number of anilines is 1. The number of carbonyl (C=O) groups excluding carboxylic acids is 1. The van der Waals surface area contributed by atoms with Crippen molar-refractivity contribution in [1.82, 2.24) is 0 Å². The average Bonchev–Trinajstić information content (AvgIpc) is 2.49. The predicted molar refractivity (Wildman–Crippen MR) is 86.0 cm³/mol. The third-order valence-corrected chi connectivity index (χ3v) is 3.25. The molecule has 0 heterocycles. The Morgan fingerprint density at radius 3 is 2.48 bits per heavy atom. The van der Waals surface area contributed by atoms with Gasteiger partial charge in [-0.25, -0.2) is 0 Å². The van der Waals surface area contributed by atoms with E-state index in [2.05, 4.69) is 11.9 Å². The minimum Gasteiger partial charge on any atom is -0.490 e. The highest BCUT2D eigenvalue weighted by Crippen LogP contribution is 2.17. The molecule has 0 fully saturated rings. The Morgan fingerprint density at radius 2 is 1.86 bits per heavy atom. The van der Waals surface area contributed by atoms with Gasteiger partial charge in [-0.2, -0.15) is 0 Å². The number of hydrogen-bond acceptors (Lipinski definition) is 2. The summed E-state index contributed by atoms with van der Waals surface area (Å²) >= 11 is 0. The van der Waals surface area contributed by atoms with Crippen molar-refractivity contribution in [3.05, 3.63) is 71.8 Å². The number of benzene rings is 2. The molecule has 0 saturated carbocycles. The number of hydrogen-bond donors (Lipinski definition) is 1. The number of amides is 1. The van der Waals surface area contributed by atoms with Crippen LogP contribution in [-0.4, -0.2) is 12.5 Å². The Bertz CT molecular complexity index is 645. The molecule has 0 atom stereocenters. The summed E-state index contributed by atoms with van der Waals surface area (Å²) in [6, 6.07) is 13.0. The first-order chi connectivity index (χ1) is 10.1. The minimum atomic E-state index is -0.113. The Balaban J connectivity index is 2.05. The molecule has 0 bridgehead atoms. The maximum atomic E-state index is 12.2. The molecule has 1 amide bonds. The summed E-state index contributed by atoms with van der Waals surface area (Å²) in [4.78, 5) is 12.2. The maximum Gasteiger partial charge on any atom is 0.255 e. The smallest absolute Gasteiger partial charge is 0.255 e. The molecular weight excluding hydrogens is 262 g/mol. The highest BCUT2D eigenvalue weighted by molar-refractivity contribution is 6.04. The van der Waals surface area contributed by atoms with Crippen LogP contribution in [0.25, 0.3) is 0 Å². The van der Waals surface area contributed by atoms with Crippen molar-refractivity contribution in [3.8, 4) is 5.75 Å². The van der Waals surface area contributed by atoms with Gasteiger partial charge in [0.15, 0.2) is 0 Å². The molecule has 0 aromatic heterocycles. The van der Waals surface area contributed by atoms with Crippen molar-refractivity contribution in [2.75, 3.05) is 11.9 Å². The van der Waals surface area contributed by atoms with Gasteiger partial charge in [-0.3, -0.25) is 4.79 Å². The van der Waals surface area contributed by atoms with Gasteiger partial charge in [0, 0.05) is 11.3 Å². The fraction of sp³-hybridized carbons (Fsp3) is 0.167. The lowest BCUT2D eigenvalue weighted by Crippen LogP contribution is -2.12. The summed E-state index contributed by atoms with van der Waals surface area (Å²) in [6.07, 6.45) is 1.69. The van der Waals surface area contributed by atoms with Gasteiger partial charge in [0.05, 0.1) is 0 Å². The lowest BCUT2D eigenvalue weighted by molar-refractivity contribution is 0.102. The first-order valence-electron chi connectivity index (χ1n) is 6.82. The van der Waals surface area contributed by atoms with Crippen molar-refractivity contribution < 1.29 is 9.53 Å². The zero-order valence-corrected chi connectivity index (χ0v) is 12.3. The Labute approximate surface area is 125 Å². The second-order valence-corrected chi connectivity index (χ2v) is 4.88. The molecule has 0 aliphatic carbocycles. The first-order valence-corrected chi connectivity index (χ1v) is 6.82. The van der Waals surface area contributed by atoms with E-state index in [9.17, 15) is 4.79 Å². The topological polar surface area (TPSA) is 38.3 Å². The van der Waals surface area contributed by atoms with Gasteiger partial charge >= 0.3 is 0 Å². The largest absolute Gasteiger partial charge is 0.490 e. The van der Waals surface area contributed by atoms with Crippen LogP contribution in [0.15, 0.2) is 55.1 Å². The predicted octanol–water partition coefficient (Wildman–Crippen LogP) is 4.12. The van der Waals surface area contributed by atoms with Crippen molar-refractivity contribution in [2.24, 2.45) is 0 Å². The van der Waals surface area contributed by atoms with Crippen molar-refractivity contribution in [1.29, 1.82) is 0 Å². The second kappa shape index (κ2) is 6.75. The molecule has 0 spiro atoms. The molecule has 0 unspecified atom stereocenters. The van der Waals surface area contributed by atoms with Crippen LogP contribution in [-0.2, 0) is 0 Å². The highest BCUT2D eigenvalue weighted by Gasteiger charge is 2.07. The van der Waals surface area contributed by atoms with E-state index in [1.54, 1.807) is 6.08 Å². The molecule has 2 aromatic carbocycles. The van der Waals surface area contributed by atoms with Crippen molar-refractivity contribution in [2.45, 2.75) is 13.8 Å². The first kappa shape index (κ1) is 14.9. The quantitative estimate of drug-likeness (QED) is 0.837. The van der Waals surface area contributed by atoms with Crippen molar-refractivity contribution >= 4 is 11.6 Å². The van der Waals surface area contributed by atoms with Gasteiger partial charge in [0.25, 0.3) is 5.91 Å². The Morgan fingerprint density at radius 1 is 1.14 bits per heavy atom. The number of carbonyl (C=O) groups is 1. The minimum absolute atomic E-state index is 0.113. The van der Waals surface area contributed by atoms with E-state index in [1.165, 1.54) is 5.56 Å². The monoisotopic (exact) mass is 281 g/mol. The van der Waals surface area contributed by atoms with Gasteiger partial charge < -0.3 is 10.1 Å². The van der Waals surface area contributed by atoms with Crippen LogP contribution in [0.3, 0.4) is 0 Å². The highest BCUT2D eigenvalue weighted by atomic mass is 16.5. The summed E-state index contributed by atoms with van der Waals surface area (Å²) in [6.45, 7) is 8.09. The molecule has 1 N–H and O–H groups in total. The molecule has 21 heavy (non-hydrogen) atoms. The van der Waals surface area contributed by atoms with Crippen LogP contribution in [0.2, 0.25) is 0 Å². The van der Waals surface area contributed by atoms with E-state index in [4.69, 9.17) is 4.74 Å². The van der Waals surface area contributed by atoms with E-state index < -0.39 is 0 Å². The van der Waals surface area contributed by atoms with Crippen LogP contribution in [0.5, 0.6) is 5.75 Å². The Hall–Kier alpha value is -2.55. The third-order valence-electron chi connectivity index (χ3n) is 3.25. The van der Waals surface area contributed by atoms with E-state index in [1.807, 2.05) is 56.3 Å². The lowest BCUT2D eigenvalue weighted by Gasteiger charge is -2.08. The molecule has 2 aromatic rings. The van der Waals surface area contributed by atoms with Crippen LogP contribution in [0, 0.1) is 13.8 Å². The van der Waals surface area contributed by atoms with E-state index in [0.717, 1.165) is 17.0 Å². The van der Waals surface area contributed by atoms with E-state index in [-0.39, 0.29) is 5.91 Å². The van der Waals surface area contributed by atoms with Crippen LogP contribution < -0.4 is 10.1 Å². The third kappa shape index (κ3) is 3.96. The van der Waals surface area contributed by atoms with Crippen LogP contribution >= 0.6 is 0 Å². The van der Waals surface area contributed by atoms with Gasteiger partial charge in [-0.1, -0.05) is 18.7 Å². The number of aryl methyl sites for hydroxylation is 2. The fourth-order valence-electron chi connectivity index (χ4n) is 1.88. The van der Waals surface area contributed by atoms with Crippen molar-refractivity contribution in [3.63, 3.8) is 0 Å². The van der Waals surface area contributed by atoms with Gasteiger partial charge in [0.1, 0.15) is 12.4 Å². The molecular formula is C18H19NO2. The summed E-state index contributed by atoms with van der Waals surface area (Å²) in [5.41, 5.74) is 3.68. The van der Waals surface area contributed by atoms with Crippen LogP contribution in [0.1, 0.15) is 21.5 Å². The van der Waals surface area contributed by atoms with Gasteiger partial charge in [-0.05, 0) is 61.4 Å². The van der Waals surface area contributed by atoms with Crippen LogP contribution in [0.4, 0.5) is 5.69 Å². The number of ether oxygens (including phenoxy) is 1. The van der Waals surface area contributed by atoms with E-state index in [0.29, 0.717) is 12.2 Å². The lowest BCUT2D eigenvalue weighted by atomic mass is 10.1. The maximum absolute atomic E-state index is 12.2. The SMILES string of the molecule is C=CCOc1ccc(NC(=O)c2ccc(C)c(C)c2)cc1. The molecule has 108 valence electrons. The molecule has 3 heteroatoms. The summed E-state index contributed by atoms with van der Waals surface area (Å²) in [5, 5.41) is 2.87. The Kier molecular flexibility index (Phi) is 4.77. The molecule has 2 rings (SSSR count). The number of nitrogens with one attached hydrogen (secondary N) is 1. The molecule has 0 radical (unpaired) electrons. The summed E-state index contributed by atoms with van der Waals surface area (Å²) in [5.74, 6) is 0.636.